The van der Waals surface area contributed by atoms with Gasteiger partial charge >= 0.3 is 0 Å². The summed E-state index contributed by atoms with van der Waals surface area (Å²) < 4.78 is 1.88. The van der Waals surface area contributed by atoms with E-state index in [1.54, 1.807) is 0 Å². The second kappa shape index (κ2) is 5.86. The molecule has 4 heteroatoms. The van der Waals surface area contributed by atoms with Crippen LogP contribution in [0.1, 0.15) is 25.5 Å². The van der Waals surface area contributed by atoms with E-state index in [0.29, 0.717) is 0 Å². The number of hydrogen-bond donors (Lipinski definition) is 1. The molecule has 76 valence electrons. The monoisotopic (exact) mass is 203 g/mol. The molecule has 0 aliphatic heterocycles. The minimum absolute atomic E-state index is 0. The predicted octanol–water partition coefficient (Wildman–Crippen LogP) is 2.36. The topological polar surface area (TPSA) is 29.9 Å². The Kier molecular flexibility index (Phi) is 5.55. The Balaban J connectivity index is 0.00000144. The summed E-state index contributed by atoms with van der Waals surface area (Å²) in [5.41, 5.74) is 1.07. The van der Waals surface area contributed by atoms with Crippen molar-refractivity contribution < 1.29 is 0 Å². The summed E-state index contributed by atoms with van der Waals surface area (Å²) in [5, 5.41) is 7.58. The molecule has 0 aromatic carbocycles. The zero-order valence-corrected chi connectivity index (χ0v) is 9.32. The average molecular weight is 204 g/mol. The van der Waals surface area contributed by atoms with Crippen molar-refractivity contribution in [2.45, 2.75) is 26.7 Å². The molecule has 1 aromatic heterocycles. The van der Waals surface area contributed by atoms with Crippen LogP contribution in [-0.4, -0.2) is 16.3 Å². The Bertz CT molecular complexity index is 245. The van der Waals surface area contributed by atoms with Gasteiger partial charge in [0.15, 0.2) is 0 Å². The van der Waals surface area contributed by atoms with Crippen LogP contribution in [0.2, 0.25) is 0 Å². The largest absolute Gasteiger partial charge is 0.370 e. The molecule has 0 spiro atoms. The number of halogens is 1. The predicted molar refractivity (Wildman–Crippen MR) is 58.6 cm³/mol. The highest BCUT2D eigenvalue weighted by molar-refractivity contribution is 5.85. The third-order valence-electron chi connectivity index (χ3n) is 1.84. The van der Waals surface area contributed by atoms with Gasteiger partial charge in [-0.15, -0.1) is 12.4 Å². The van der Waals surface area contributed by atoms with Gasteiger partial charge in [0.25, 0.3) is 0 Å². The summed E-state index contributed by atoms with van der Waals surface area (Å²) in [6, 6.07) is 2.07. The molecule has 0 atom stereocenters. The van der Waals surface area contributed by atoms with E-state index < -0.39 is 0 Å². The van der Waals surface area contributed by atoms with Gasteiger partial charge in [0.05, 0.1) is 5.69 Å². The number of aromatic nitrogens is 2. The molecular formula is C9H18ClN3. The maximum Gasteiger partial charge on any atom is 0.124 e. The molecule has 0 bridgehead atoms. The van der Waals surface area contributed by atoms with Crippen molar-refractivity contribution in [3.05, 3.63) is 11.8 Å². The molecule has 0 aliphatic carbocycles. The fourth-order valence-electron chi connectivity index (χ4n) is 1.17. The molecule has 0 unspecified atom stereocenters. The van der Waals surface area contributed by atoms with Crippen LogP contribution in [0.25, 0.3) is 0 Å². The van der Waals surface area contributed by atoms with Gasteiger partial charge in [-0.1, -0.05) is 13.3 Å². The fraction of sp³-hybridized carbons (Fsp3) is 0.667. The van der Waals surface area contributed by atoms with Crippen molar-refractivity contribution in [3.8, 4) is 0 Å². The van der Waals surface area contributed by atoms with Crippen molar-refractivity contribution >= 4 is 18.2 Å². The van der Waals surface area contributed by atoms with Gasteiger partial charge < -0.3 is 5.32 Å². The van der Waals surface area contributed by atoms with Crippen LogP contribution in [0.3, 0.4) is 0 Å². The number of nitrogens with zero attached hydrogens (tertiary/aromatic N) is 2. The van der Waals surface area contributed by atoms with E-state index in [4.69, 9.17) is 0 Å². The molecule has 1 aromatic rings. The number of unbranched alkanes of at least 4 members (excludes halogenated alkanes) is 1. The summed E-state index contributed by atoms with van der Waals surface area (Å²) in [4.78, 5) is 0. The van der Waals surface area contributed by atoms with Crippen LogP contribution in [0.4, 0.5) is 5.82 Å². The Morgan fingerprint density at radius 2 is 2.23 bits per heavy atom. The van der Waals surface area contributed by atoms with E-state index in [0.717, 1.165) is 18.1 Å². The lowest BCUT2D eigenvalue weighted by molar-refractivity contribution is 0.748. The van der Waals surface area contributed by atoms with Gasteiger partial charge in [0.2, 0.25) is 0 Å². The smallest absolute Gasteiger partial charge is 0.124 e. The number of rotatable bonds is 4. The van der Waals surface area contributed by atoms with Crippen LogP contribution in [0.15, 0.2) is 6.07 Å². The minimum atomic E-state index is 0. The lowest BCUT2D eigenvalue weighted by atomic mass is 10.3. The molecule has 0 fully saturated rings. The molecule has 13 heavy (non-hydrogen) atoms. The number of aryl methyl sites for hydroxylation is 2. The summed E-state index contributed by atoms with van der Waals surface area (Å²) in [6.45, 7) is 5.23. The van der Waals surface area contributed by atoms with Gasteiger partial charge in [0, 0.05) is 19.7 Å². The van der Waals surface area contributed by atoms with Crippen LogP contribution in [0.5, 0.6) is 0 Å². The molecule has 0 aliphatic rings. The minimum Gasteiger partial charge on any atom is -0.370 e. The lowest BCUT2D eigenvalue weighted by Gasteiger charge is -2.03. The van der Waals surface area contributed by atoms with Crippen LogP contribution < -0.4 is 5.32 Å². The normalized spacial score (nSPS) is 9.46. The van der Waals surface area contributed by atoms with Gasteiger partial charge in [-0.2, -0.15) is 5.10 Å². The van der Waals surface area contributed by atoms with Gasteiger partial charge in [-0.3, -0.25) is 4.68 Å². The number of hydrogen-bond acceptors (Lipinski definition) is 2. The maximum atomic E-state index is 4.24. The highest BCUT2D eigenvalue weighted by Crippen LogP contribution is 2.07. The van der Waals surface area contributed by atoms with Crippen molar-refractivity contribution in [2.24, 2.45) is 7.05 Å². The fourth-order valence-corrected chi connectivity index (χ4v) is 1.17. The first-order valence-electron chi connectivity index (χ1n) is 4.48. The zero-order valence-electron chi connectivity index (χ0n) is 8.50. The van der Waals surface area contributed by atoms with Crippen LogP contribution in [0, 0.1) is 6.92 Å². The first kappa shape index (κ1) is 12.3. The first-order valence-corrected chi connectivity index (χ1v) is 4.48. The Morgan fingerprint density at radius 1 is 1.54 bits per heavy atom. The van der Waals surface area contributed by atoms with E-state index in [1.165, 1.54) is 12.8 Å². The number of nitrogens with one attached hydrogen (secondary N) is 1. The highest BCUT2D eigenvalue weighted by atomic mass is 35.5. The quantitative estimate of drug-likeness (QED) is 0.762. The summed E-state index contributed by atoms with van der Waals surface area (Å²) >= 11 is 0. The molecule has 1 N–H and O–H groups in total. The molecule has 1 rings (SSSR count). The maximum absolute atomic E-state index is 4.24. The third kappa shape index (κ3) is 3.68. The molecular weight excluding hydrogens is 186 g/mol. The summed E-state index contributed by atoms with van der Waals surface area (Å²) in [7, 11) is 1.96. The highest BCUT2D eigenvalue weighted by Gasteiger charge is 1.98. The van der Waals surface area contributed by atoms with Crippen molar-refractivity contribution in [1.29, 1.82) is 0 Å². The second-order valence-electron chi connectivity index (χ2n) is 3.07. The Hall–Kier alpha value is -0.700. The third-order valence-corrected chi connectivity index (χ3v) is 1.84. The molecule has 1 heterocycles. The number of anilines is 1. The van der Waals surface area contributed by atoms with Crippen LogP contribution >= 0.6 is 12.4 Å². The zero-order chi connectivity index (χ0) is 8.97. The lowest BCUT2D eigenvalue weighted by Crippen LogP contribution is -2.05. The van der Waals surface area contributed by atoms with E-state index in [9.17, 15) is 0 Å². The second-order valence-corrected chi connectivity index (χ2v) is 3.07. The summed E-state index contributed by atoms with van der Waals surface area (Å²) in [5.74, 6) is 1.11. The Morgan fingerprint density at radius 3 is 2.69 bits per heavy atom. The SMILES string of the molecule is CCCCNc1cc(C)nn1C.Cl. The summed E-state index contributed by atoms with van der Waals surface area (Å²) in [6.07, 6.45) is 2.44. The van der Waals surface area contributed by atoms with E-state index in [2.05, 4.69) is 23.4 Å². The molecule has 3 nitrogen and oxygen atoms in total. The molecule has 0 saturated heterocycles. The molecule has 0 amide bonds. The average Bonchev–Trinajstić information content (AvgIpc) is 2.31. The van der Waals surface area contributed by atoms with Crippen molar-refractivity contribution in [2.75, 3.05) is 11.9 Å². The van der Waals surface area contributed by atoms with E-state index >= 15 is 0 Å². The molecule has 0 radical (unpaired) electrons. The Labute approximate surface area is 85.9 Å². The van der Waals surface area contributed by atoms with E-state index in [-0.39, 0.29) is 12.4 Å². The van der Waals surface area contributed by atoms with Crippen molar-refractivity contribution in [3.63, 3.8) is 0 Å². The van der Waals surface area contributed by atoms with Gasteiger partial charge in [0.1, 0.15) is 5.82 Å². The van der Waals surface area contributed by atoms with Crippen LogP contribution in [-0.2, 0) is 7.05 Å². The standard InChI is InChI=1S/C9H17N3.ClH/c1-4-5-6-10-9-7-8(2)11-12(9)3;/h7,10H,4-6H2,1-3H3;1H. The van der Waals surface area contributed by atoms with Crippen molar-refractivity contribution in [1.82, 2.24) is 9.78 Å². The van der Waals surface area contributed by atoms with Gasteiger partial charge in [-0.05, 0) is 13.3 Å². The van der Waals surface area contributed by atoms with Gasteiger partial charge in [-0.25, -0.2) is 0 Å². The molecule has 0 saturated carbocycles. The van der Waals surface area contributed by atoms with E-state index in [1.807, 2.05) is 18.7 Å². The first-order chi connectivity index (χ1) is 5.74.